The Balaban J connectivity index is 1.62. The molecule has 14 heteroatoms. The maximum Gasteiger partial charge on any atom is 0.347 e. The average Bonchev–Trinajstić information content (AvgIpc) is 2.97. The van der Waals surface area contributed by atoms with E-state index in [-0.39, 0.29) is 21.0 Å². The maximum atomic E-state index is 15.4. The minimum atomic E-state index is -3.73. The van der Waals surface area contributed by atoms with E-state index < -0.39 is 64.0 Å². The third-order valence-corrected chi connectivity index (χ3v) is 9.68. The molecule has 1 aliphatic heterocycles. The van der Waals surface area contributed by atoms with Gasteiger partial charge in [-0.25, -0.2) is 13.1 Å². The summed E-state index contributed by atoms with van der Waals surface area (Å²) in [6.45, 7) is 0.209. The van der Waals surface area contributed by atoms with Crippen LogP contribution in [0.3, 0.4) is 0 Å². The molecule has 5 rings (SSSR count). The molecule has 2 aromatic carbocycles. The normalized spacial score (nSPS) is 22.2. The number of pyridine rings is 1. The number of carbonyl (C=O) groups is 2. The SMILES string of the molecule is Cc1cccc(C(F)(F)CNC(=O)[C@@H]2c3ccccc3C(=O)N([C@H]3CCCC[C@@H]3NS(C)(=O)=O)[C@H]2c2ccc(Cl)cc2Cl)[n+]1[O-]. The molecule has 1 aromatic heterocycles. The van der Waals surface area contributed by atoms with Crippen molar-refractivity contribution in [3.05, 3.63) is 104 Å². The summed E-state index contributed by atoms with van der Waals surface area (Å²) in [5.41, 5.74) is 0.0726. The second kappa shape index (κ2) is 12.8. The van der Waals surface area contributed by atoms with Crippen molar-refractivity contribution in [1.29, 1.82) is 0 Å². The van der Waals surface area contributed by atoms with Crippen LogP contribution in [0.1, 0.15) is 70.5 Å². The van der Waals surface area contributed by atoms with Crippen LogP contribution in [0.2, 0.25) is 10.0 Å². The largest absolute Gasteiger partial charge is 0.618 e. The highest BCUT2D eigenvalue weighted by molar-refractivity contribution is 7.88. The highest BCUT2D eigenvalue weighted by Crippen LogP contribution is 2.48. The molecule has 1 aliphatic carbocycles. The Morgan fingerprint density at radius 1 is 1.07 bits per heavy atom. The number of aromatic nitrogens is 1. The molecule has 1 fully saturated rings. The lowest BCUT2D eigenvalue weighted by Crippen LogP contribution is -2.59. The van der Waals surface area contributed by atoms with E-state index in [2.05, 4.69) is 10.0 Å². The Bertz CT molecular complexity index is 1740. The van der Waals surface area contributed by atoms with Gasteiger partial charge < -0.3 is 15.4 Å². The zero-order chi connectivity index (χ0) is 32.7. The van der Waals surface area contributed by atoms with Gasteiger partial charge in [0.15, 0.2) is 5.69 Å². The number of benzene rings is 2. The number of amides is 2. The number of halogens is 4. The molecule has 0 spiro atoms. The van der Waals surface area contributed by atoms with E-state index in [9.17, 15) is 23.2 Å². The van der Waals surface area contributed by atoms with Crippen molar-refractivity contribution in [2.75, 3.05) is 12.8 Å². The van der Waals surface area contributed by atoms with Gasteiger partial charge in [0, 0.05) is 46.7 Å². The molecule has 2 N–H and O–H groups in total. The number of nitrogens with one attached hydrogen (secondary N) is 2. The Labute approximate surface area is 270 Å². The number of rotatable bonds is 8. The van der Waals surface area contributed by atoms with Gasteiger partial charge in [0.05, 0.1) is 24.8 Å². The Hall–Kier alpha value is -3.32. The first kappa shape index (κ1) is 33.1. The van der Waals surface area contributed by atoms with Crippen LogP contribution in [-0.4, -0.2) is 50.0 Å². The molecule has 45 heavy (non-hydrogen) atoms. The molecule has 2 heterocycles. The van der Waals surface area contributed by atoms with Crippen molar-refractivity contribution in [2.45, 2.75) is 62.6 Å². The van der Waals surface area contributed by atoms with Gasteiger partial charge in [-0.05, 0) is 48.2 Å². The van der Waals surface area contributed by atoms with E-state index in [4.69, 9.17) is 23.2 Å². The standard InChI is InChI=1S/C31H32Cl2F2N4O5S/c1-18-8-7-13-26(39(18)42)31(34,35)17-36-29(40)27-20-9-3-4-10-21(20)30(41)38(28(27)22-15-14-19(32)16-23(22)33)25-12-6-5-11-24(25)37-45(2,43)44/h3-4,7-10,13-16,24-25,27-28,37H,5-6,11-12,17H2,1-2H3,(H,36,40)/t24-,25-,27+,28-/m0/s1. The summed E-state index contributed by atoms with van der Waals surface area (Å²) >= 11 is 12.9. The second-order valence-electron chi connectivity index (χ2n) is 11.5. The third kappa shape index (κ3) is 6.79. The van der Waals surface area contributed by atoms with Crippen molar-refractivity contribution in [3.8, 4) is 0 Å². The van der Waals surface area contributed by atoms with Gasteiger partial charge in [-0.3, -0.25) is 9.59 Å². The Morgan fingerprint density at radius 2 is 1.78 bits per heavy atom. The summed E-state index contributed by atoms with van der Waals surface area (Å²) in [6.07, 6.45) is 3.31. The summed E-state index contributed by atoms with van der Waals surface area (Å²) in [5, 5.41) is 15.2. The Kier molecular flexibility index (Phi) is 9.42. The molecule has 0 radical (unpaired) electrons. The highest BCUT2D eigenvalue weighted by Gasteiger charge is 2.50. The van der Waals surface area contributed by atoms with E-state index in [1.807, 2.05) is 0 Å². The van der Waals surface area contributed by atoms with Gasteiger partial charge in [0.1, 0.15) is 0 Å². The molecule has 0 unspecified atom stereocenters. The quantitative estimate of drug-likeness (QED) is 0.257. The zero-order valence-corrected chi connectivity index (χ0v) is 26.8. The molecule has 3 aromatic rings. The van der Waals surface area contributed by atoms with Crippen LogP contribution in [0.5, 0.6) is 0 Å². The molecule has 4 atom stereocenters. The number of alkyl halides is 2. The zero-order valence-electron chi connectivity index (χ0n) is 24.5. The topological polar surface area (TPSA) is 123 Å². The minimum absolute atomic E-state index is 0.0658. The summed E-state index contributed by atoms with van der Waals surface area (Å²) in [6, 6.07) is 12.3. The summed E-state index contributed by atoms with van der Waals surface area (Å²) in [4.78, 5) is 29.9. The summed E-state index contributed by atoms with van der Waals surface area (Å²) in [5.74, 6) is -6.24. The van der Waals surface area contributed by atoms with E-state index in [1.54, 1.807) is 36.4 Å². The minimum Gasteiger partial charge on any atom is -0.618 e. The first-order valence-electron chi connectivity index (χ1n) is 14.4. The summed E-state index contributed by atoms with van der Waals surface area (Å²) in [7, 11) is -3.68. The number of nitrogens with zero attached hydrogens (tertiary/aromatic N) is 2. The van der Waals surface area contributed by atoms with Crippen molar-refractivity contribution in [2.24, 2.45) is 0 Å². The predicted octanol–water partition coefficient (Wildman–Crippen LogP) is 4.98. The van der Waals surface area contributed by atoms with Crippen LogP contribution in [0.25, 0.3) is 0 Å². The fraction of sp³-hybridized carbons (Fsp3) is 0.387. The van der Waals surface area contributed by atoms with Crippen molar-refractivity contribution in [3.63, 3.8) is 0 Å². The molecule has 9 nitrogen and oxygen atoms in total. The molecule has 1 saturated carbocycles. The number of aryl methyl sites for hydroxylation is 1. The number of carbonyl (C=O) groups excluding carboxylic acids is 2. The van der Waals surface area contributed by atoms with Crippen LogP contribution in [0.15, 0.2) is 60.7 Å². The predicted molar refractivity (Wildman–Crippen MR) is 166 cm³/mol. The van der Waals surface area contributed by atoms with E-state index in [0.29, 0.717) is 41.8 Å². The number of fused-ring (bicyclic) bond motifs is 1. The van der Waals surface area contributed by atoms with Crippen LogP contribution in [0.4, 0.5) is 8.78 Å². The van der Waals surface area contributed by atoms with Crippen LogP contribution in [0, 0.1) is 12.1 Å². The fourth-order valence-corrected chi connectivity index (χ4v) is 7.75. The molecule has 240 valence electrons. The first-order valence-corrected chi connectivity index (χ1v) is 17.0. The number of sulfonamides is 1. The first-order chi connectivity index (χ1) is 21.2. The molecule has 2 amide bonds. The highest BCUT2D eigenvalue weighted by atomic mass is 35.5. The molecule has 2 aliphatic rings. The van der Waals surface area contributed by atoms with E-state index in [1.165, 1.54) is 30.0 Å². The third-order valence-electron chi connectivity index (χ3n) is 8.38. The molecular weight excluding hydrogens is 649 g/mol. The lowest BCUT2D eigenvalue weighted by atomic mass is 9.76. The van der Waals surface area contributed by atoms with Crippen molar-refractivity contribution >= 4 is 45.0 Å². The van der Waals surface area contributed by atoms with Gasteiger partial charge in [-0.2, -0.15) is 13.5 Å². The van der Waals surface area contributed by atoms with Gasteiger partial charge in [0.25, 0.3) is 11.6 Å². The molecular formula is C31H32Cl2F2N4O5S. The van der Waals surface area contributed by atoms with Gasteiger partial charge in [-0.15, -0.1) is 0 Å². The van der Waals surface area contributed by atoms with Crippen molar-refractivity contribution in [1.82, 2.24) is 14.9 Å². The molecule has 0 bridgehead atoms. The number of hydrogen-bond donors (Lipinski definition) is 2. The lowest BCUT2D eigenvalue weighted by Gasteiger charge is -2.49. The van der Waals surface area contributed by atoms with Gasteiger partial charge >= 0.3 is 5.92 Å². The average molecular weight is 682 g/mol. The van der Waals surface area contributed by atoms with Crippen LogP contribution in [-0.2, 0) is 20.7 Å². The van der Waals surface area contributed by atoms with Gasteiger partial charge in [0.2, 0.25) is 15.9 Å². The Morgan fingerprint density at radius 3 is 2.49 bits per heavy atom. The maximum absolute atomic E-state index is 15.4. The fourth-order valence-electron chi connectivity index (χ4n) is 6.40. The van der Waals surface area contributed by atoms with E-state index >= 15 is 8.78 Å². The van der Waals surface area contributed by atoms with E-state index in [0.717, 1.165) is 12.3 Å². The smallest absolute Gasteiger partial charge is 0.347 e. The second-order valence-corrected chi connectivity index (χ2v) is 14.1. The van der Waals surface area contributed by atoms with Crippen LogP contribution < -0.4 is 14.8 Å². The van der Waals surface area contributed by atoms with Crippen molar-refractivity contribution < 1.29 is 31.5 Å². The monoisotopic (exact) mass is 680 g/mol. The van der Waals surface area contributed by atoms with Gasteiger partial charge in [-0.1, -0.05) is 60.3 Å². The number of hydrogen-bond acceptors (Lipinski definition) is 5. The lowest BCUT2D eigenvalue weighted by molar-refractivity contribution is -0.631. The molecule has 0 saturated heterocycles. The summed E-state index contributed by atoms with van der Waals surface area (Å²) < 4.78 is 58.3. The van der Waals surface area contributed by atoms with Crippen LogP contribution >= 0.6 is 23.2 Å².